The smallest absolute Gasteiger partial charge is 0.0149 e. The highest BCUT2D eigenvalue weighted by Gasteiger charge is 2.43. The maximum Gasteiger partial charge on any atom is -0.0149 e. The first-order valence-electron chi connectivity index (χ1n) is 6.70. The molecule has 0 bridgehead atoms. The molecule has 0 nitrogen and oxygen atoms in total. The minimum Gasteiger partial charge on any atom is -0.0996 e. The summed E-state index contributed by atoms with van der Waals surface area (Å²) in [6.07, 6.45) is 8.45. The number of rotatable bonds is 1. The van der Waals surface area contributed by atoms with Crippen molar-refractivity contribution in [1.82, 2.24) is 0 Å². The number of hydrogen-bond donors (Lipinski definition) is 0. The predicted molar refractivity (Wildman–Crippen MR) is 66.8 cm³/mol. The minimum atomic E-state index is 0.612. The SMILES string of the molecule is C=C1CCC[C@]2(C)CC[C@@H](C(C)C)CC12. The van der Waals surface area contributed by atoms with Crippen LogP contribution in [0.15, 0.2) is 12.2 Å². The largest absolute Gasteiger partial charge is 0.0996 e. The number of fused-ring (bicyclic) bond motifs is 1. The molecule has 0 N–H and O–H groups in total. The van der Waals surface area contributed by atoms with E-state index in [2.05, 4.69) is 27.4 Å². The third kappa shape index (κ3) is 2.00. The molecule has 2 rings (SSSR count). The van der Waals surface area contributed by atoms with Gasteiger partial charge in [-0.15, -0.1) is 0 Å². The first kappa shape index (κ1) is 11.2. The lowest BCUT2D eigenvalue weighted by Gasteiger charge is -2.49. The Morgan fingerprint density at radius 3 is 2.73 bits per heavy atom. The monoisotopic (exact) mass is 206 g/mol. The van der Waals surface area contributed by atoms with Crippen LogP contribution < -0.4 is 0 Å². The van der Waals surface area contributed by atoms with Gasteiger partial charge in [-0.1, -0.05) is 32.9 Å². The van der Waals surface area contributed by atoms with Crippen molar-refractivity contribution in [1.29, 1.82) is 0 Å². The Morgan fingerprint density at radius 2 is 2.07 bits per heavy atom. The van der Waals surface area contributed by atoms with Gasteiger partial charge in [0, 0.05) is 0 Å². The van der Waals surface area contributed by atoms with Crippen LogP contribution in [-0.4, -0.2) is 0 Å². The summed E-state index contributed by atoms with van der Waals surface area (Å²) in [6.45, 7) is 11.6. The van der Waals surface area contributed by atoms with E-state index in [9.17, 15) is 0 Å². The summed E-state index contributed by atoms with van der Waals surface area (Å²) in [5.41, 5.74) is 2.18. The summed E-state index contributed by atoms with van der Waals surface area (Å²) in [5.74, 6) is 2.66. The van der Waals surface area contributed by atoms with E-state index in [-0.39, 0.29) is 0 Å². The van der Waals surface area contributed by atoms with Crippen LogP contribution in [-0.2, 0) is 0 Å². The molecule has 86 valence electrons. The van der Waals surface area contributed by atoms with Crippen LogP contribution in [0.2, 0.25) is 0 Å². The highest BCUT2D eigenvalue weighted by atomic mass is 14.5. The minimum absolute atomic E-state index is 0.612. The molecule has 0 aromatic heterocycles. The summed E-state index contributed by atoms with van der Waals surface area (Å²) in [4.78, 5) is 0. The zero-order valence-corrected chi connectivity index (χ0v) is 10.7. The van der Waals surface area contributed by atoms with E-state index in [0.29, 0.717) is 5.41 Å². The molecule has 1 unspecified atom stereocenters. The van der Waals surface area contributed by atoms with Gasteiger partial charge in [0.05, 0.1) is 0 Å². The number of allylic oxidation sites excluding steroid dienone is 1. The third-order valence-electron chi connectivity index (χ3n) is 5.15. The lowest BCUT2D eigenvalue weighted by atomic mass is 9.56. The fourth-order valence-corrected chi connectivity index (χ4v) is 3.85. The highest BCUT2D eigenvalue weighted by molar-refractivity contribution is 5.12. The normalized spacial score (nSPS) is 41.7. The average Bonchev–Trinajstić information content (AvgIpc) is 2.17. The summed E-state index contributed by atoms with van der Waals surface area (Å²) < 4.78 is 0. The molecule has 2 fully saturated rings. The van der Waals surface area contributed by atoms with E-state index in [4.69, 9.17) is 0 Å². The Bertz CT molecular complexity index is 251. The molecule has 0 aromatic rings. The lowest BCUT2D eigenvalue weighted by molar-refractivity contribution is 0.0583. The molecular weight excluding hydrogens is 180 g/mol. The van der Waals surface area contributed by atoms with Gasteiger partial charge in [0.25, 0.3) is 0 Å². The van der Waals surface area contributed by atoms with E-state index in [1.54, 1.807) is 5.57 Å². The molecule has 2 aliphatic carbocycles. The summed E-state index contributed by atoms with van der Waals surface area (Å²) >= 11 is 0. The average molecular weight is 206 g/mol. The molecule has 0 heteroatoms. The van der Waals surface area contributed by atoms with E-state index in [0.717, 1.165) is 17.8 Å². The van der Waals surface area contributed by atoms with Crippen LogP contribution in [0.3, 0.4) is 0 Å². The van der Waals surface area contributed by atoms with Crippen molar-refractivity contribution in [2.45, 2.75) is 59.3 Å². The Labute approximate surface area is 95.1 Å². The molecule has 0 heterocycles. The van der Waals surface area contributed by atoms with Crippen molar-refractivity contribution in [3.8, 4) is 0 Å². The van der Waals surface area contributed by atoms with Crippen molar-refractivity contribution >= 4 is 0 Å². The molecule has 0 amide bonds. The molecule has 0 saturated heterocycles. The Hall–Kier alpha value is -0.260. The van der Waals surface area contributed by atoms with Gasteiger partial charge in [-0.2, -0.15) is 0 Å². The highest BCUT2D eigenvalue weighted by Crippen LogP contribution is 2.54. The third-order valence-corrected chi connectivity index (χ3v) is 5.15. The second-order valence-corrected chi connectivity index (χ2v) is 6.50. The standard InChI is InChI=1S/C15H26/c1-11(2)13-7-9-15(4)8-5-6-12(3)14(15)10-13/h11,13-14H,3,5-10H2,1-2,4H3/t13-,14?,15-/m1/s1. The molecule has 0 radical (unpaired) electrons. The molecule has 0 aliphatic heterocycles. The van der Waals surface area contributed by atoms with E-state index < -0.39 is 0 Å². The van der Waals surface area contributed by atoms with Gasteiger partial charge in [0.15, 0.2) is 0 Å². The second-order valence-electron chi connectivity index (χ2n) is 6.50. The maximum absolute atomic E-state index is 4.34. The van der Waals surface area contributed by atoms with Gasteiger partial charge in [0.1, 0.15) is 0 Å². The predicted octanol–water partition coefficient (Wildman–Crippen LogP) is 4.81. The van der Waals surface area contributed by atoms with Gasteiger partial charge in [-0.25, -0.2) is 0 Å². The fourth-order valence-electron chi connectivity index (χ4n) is 3.85. The Morgan fingerprint density at radius 1 is 1.33 bits per heavy atom. The first-order valence-corrected chi connectivity index (χ1v) is 6.70. The topological polar surface area (TPSA) is 0 Å². The summed E-state index contributed by atoms with van der Waals surface area (Å²) in [7, 11) is 0. The van der Waals surface area contributed by atoms with Crippen molar-refractivity contribution in [2.75, 3.05) is 0 Å². The van der Waals surface area contributed by atoms with E-state index in [1.165, 1.54) is 38.5 Å². The maximum atomic E-state index is 4.34. The van der Waals surface area contributed by atoms with Crippen molar-refractivity contribution in [2.24, 2.45) is 23.2 Å². The van der Waals surface area contributed by atoms with E-state index in [1.807, 2.05) is 0 Å². The zero-order valence-electron chi connectivity index (χ0n) is 10.7. The van der Waals surface area contributed by atoms with Gasteiger partial charge in [0.2, 0.25) is 0 Å². The summed E-state index contributed by atoms with van der Waals surface area (Å²) in [6, 6.07) is 0. The van der Waals surface area contributed by atoms with Crippen molar-refractivity contribution in [3.05, 3.63) is 12.2 Å². The van der Waals surface area contributed by atoms with Crippen LogP contribution >= 0.6 is 0 Å². The van der Waals surface area contributed by atoms with Gasteiger partial charge in [-0.3, -0.25) is 0 Å². The first-order chi connectivity index (χ1) is 7.03. The van der Waals surface area contributed by atoms with Gasteiger partial charge in [-0.05, 0) is 61.7 Å². The fraction of sp³-hybridized carbons (Fsp3) is 0.867. The van der Waals surface area contributed by atoms with E-state index >= 15 is 0 Å². The molecule has 0 aromatic carbocycles. The van der Waals surface area contributed by atoms with Crippen LogP contribution in [0.4, 0.5) is 0 Å². The van der Waals surface area contributed by atoms with Gasteiger partial charge >= 0.3 is 0 Å². The molecule has 3 atom stereocenters. The van der Waals surface area contributed by atoms with Crippen LogP contribution in [0.1, 0.15) is 59.3 Å². The summed E-state index contributed by atoms with van der Waals surface area (Å²) in [5, 5.41) is 0. The Balaban J connectivity index is 2.12. The Kier molecular flexibility index (Phi) is 2.96. The quantitative estimate of drug-likeness (QED) is 0.540. The molecule has 2 saturated carbocycles. The molecule has 0 spiro atoms. The zero-order chi connectivity index (χ0) is 11.1. The molecular formula is C15H26. The molecule has 15 heavy (non-hydrogen) atoms. The second kappa shape index (κ2) is 3.96. The molecule has 2 aliphatic rings. The van der Waals surface area contributed by atoms with Crippen LogP contribution in [0.25, 0.3) is 0 Å². The van der Waals surface area contributed by atoms with Crippen LogP contribution in [0.5, 0.6) is 0 Å². The van der Waals surface area contributed by atoms with Crippen molar-refractivity contribution < 1.29 is 0 Å². The lowest BCUT2D eigenvalue weighted by Crippen LogP contribution is -2.39. The van der Waals surface area contributed by atoms with Crippen molar-refractivity contribution in [3.63, 3.8) is 0 Å². The number of hydrogen-bond acceptors (Lipinski definition) is 0. The van der Waals surface area contributed by atoms with Gasteiger partial charge < -0.3 is 0 Å². The van der Waals surface area contributed by atoms with Crippen LogP contribution in [0, 0.1) is 23.2 Å².